The maximum absolute atomic E-state index is 6.06. The molecule has 4 heteroatoms. The van der Waals surface area contributed by atoms with Gasteiger partial charge in [0.1, 0.15) is 11.0 Å². The highest BCUT2D eigenvalue weighted by Crippen LogP contribution is 2.26. The molecule has 0 radical (unpaired) electrons. The normalized spacial score (nSPS) is 10.8. The Morgan fingerprint density at radius 3 is 2.79 bits per heavy atom. The maximum atomic E-state index is 6.06. The number of aryl methyl sites for hydroxylation is 1. The van der Waals surface area contributed by atoms with Crippen LogP contribution >= 0.6 is 11.6 Å². The number of hydrogen-bond donors (Lipinski definition) is 0. The third-order valence-corrected chi connectivity index (χ3v) is 3.16. The molecule has 0 amide bonds. The van der Waals surface area contributed by atoms with E-state index in [0.29, 0.717) is 5.15 Å². The van der Waals surface area contributed by atoms with E-state index in [4.69, 9.17) is 11.6 Å². The summed E-state index contributed by atoms with van der Waals surface area (Å²) in [5.74, 6) is 0.746. The molecule has 0 unspecified atom stereocenters. The molecule has 0 bridgehead atoms. The monoisotopic (exact) mass is 269 g/mol. The van der Waals surface area contributed by atoms with E-state index in [9.17, 15) is 0 Å². The van der Waals surface area contributed by atoms with Crippen molar-refractivity contribution in [1.82, 2.24) is 15.0 Å². The Kier molecular flexibility index (Phi) is 3.13. The van der Waals surface area contributed by atoms with Crippen molar-refractivity contribution < 1.29 is 0 Å². The molecular formula is C15H12ClN3. The van der Waals surface area contributed by atoms with Crippen molar-refractivity contribution in [2.75, 3.05) is 0 Å². The Morgan fingerprint density at radius 2 is 1.95 bits per heavy atom. The summed E-state index contributed by atoms with van der Waals surface area (Å²) in [6.45, 7) is 2.01. The molecule has 0 saturated heterocycles. The Morgan fingerprint density at radius 1 is 1.11 bits per heavy atom. The van der Waals surface area contributed by atoms with Crippen LogP contribution < -0.4 is 0 Å². The van der Waals surface area contributed by atoms with Crippen LogP contribution in [0, 0.1) is 0 Å². The lowest BCUT2D eigenvalue weighted by Crippen LogP contribution is -1.96. The van der Waals surface area contributed by atoms with Gasteiger partial charge in [-0.15, -0.1) is 0 Å². The fourth-order valence-corrected chi connectivity index (χ4v) is 2.27. The van der Waals surface area contributed by atoms with E-state index in [1.165, 1.54) is 0 Å². The predicted octanol–water partition coefficient (Wildman–Crippen LogP) is 3.91. The summed E-state index contributed by atoms with van der Waals surface area (Å²) >= 11 is 6.06. The summed E-state index contributed by atoms with van der Waals surface area (Å²) in [6.07, 6.45) is 2.54. The van der Waals surface area contributed by atoms with Gasteiger partial charge in [0.2, 0.25) is 0 Å². The molecule has 2 heterocycles. The average molecular weight is 270 g/mol. The summed E-state index contributed by atoms with van der Waals surface area (Å²) in [6, 6.07) is 11.8. The van der Waals surface area contributed by atoms with Crippen molar-refractivity contribution in [3.8, 4) is 11.3 Å². The van der Waals surface area contributed by atoms with Gasteiger partial charge in [0.05, 0.1) is 11.2 Å². The minimum atomic E-state index is 0.467. The predicted molar refractivity (Wildman–Crippen MR) is 77.2 cm³/mol. The number of para-hydroxylation sites is 1. The summed E-state index contributed by atoms with van der Waals surface area (Å²) < 4.78 is 0. The highest BCUT2D eigenvalue weighted by molar-refractivity contribution is 6.29. The Labute approximate surface area is 116 Å². The molecule has 94 valence electrons. The summed E-state index contributed by atoms with van der Waals surface area (Å²) in [5.41, 5.74) is 2.74. The third kappa shape index (κ3) is 2.29. The second-order valence-corrected chi connectivity index (χ2v) is 4.61. The quantitative estimate of drug-likeness (QED) is 0.662. The molecular weight excluding hydrogens is 258 g/mol. The van der Waals surface area contributed by atoms with Crippen molar-refractivity contribution in [2.24, 2.45) is 0 Å². The summed E-state index contributed by atoms with van der Waals surface area (Å²) in [5, 5.41) is 1.56. The van der Waals surface area contributed by atoms with E-state index < -0.39 is 0 Å². The molecule has 0 aliphatic heterocycles. The number of pyridine rings is 1. The van der Waals surface area contributed by atoms with E-state index in [0.717, 1.165) is 34.4 Å². The Bertz CT molecular complexity index is 735. The van der Waals surface area contributed by atoms with Crippen LogP contribution in [0.3, 0.4) is 0 Å². The van der Waals surface area contributed by atoms with Crippen LogP contribution in [0.1, 0.15) is 12.7 Å². The van der Waals surface area contributed by atoms with Crippen molar-refractivity contribution in [3.05, 3.63) is 53.6 Å². The van der Waals surface area contributed by atoms with Crippen molar-refractivity contribution in [2.45, 2.75) is 13.3 Å². The Hall–Kier alpha value is -2.00. The van der Waals surface area contributed by atoms with Gasteiger partial charge in [0, 0.05) is 29.6 Å². The van der Waals surface area contributed by atoms with Crippen LogP contribution in [0.2, 0.25) is 5.15 Å². The van der Waals surface area contributed by atoms with E-state index in [1.54, 1.807) is 12.3 Å². The first-order valence-electron chi connectivity index (χ1n) is 6.15. The molecule has 0 atom stereocenters. The maximum Gasteiger partial charge on any atom is 0.133 e. The van der Waals surface area contributed by atoms with Gasteiger partial charge in [-0.05, 0) is 6.07 Å². The molecule has 1 aromatic carbocycles. The van der Waals surface area contributed by atoms with Gasteiger partial charge in [-0.25, -0.2) is 9.97 Å². The zero-order valence-electron chi connectivity index (χ0n) is 10.5. The highest BCUT2D eigenvalue weighted by Gasteiger charge is 2.08. The average Bonchev–Trinajstić information content (AvgIpc) is 2.46. The summed E-state index contributed by atoms with van der Waals surface area (Å²) in [4.78, 5) is 13.2. The number of rotatable bonds is 2. The van der Waals surface area contributed by atoms with E-state index in [1.807, 2.05) is 37.3 Å². The minimum absolute atomic E-state index is 0.467. The van der Waals surface area contributed by atoms with Crippen molar-refractivity contribution >= 4 is 22.5 Å². The van der Waals surface area contributed by atoms with Crippen LogP contribution in [0.25, 0.3) is 22.2 Å². The molecule has 0 fully saturated rings. The molecule has 0 N–H and O–H groups in total. The van der Waals surface area contributed by atoms with Gasteiger partial charge in [0.15, 0.2) is 0 Å². The van der Waals surface area contributed by atoms with Crippen molar-refractivity contribution in [1.29, 1.82) is 0 Å². The van der Waals surface area contributed by atoms with Crippen LogP contribution in [0.5, 0.6) is 0 Å². The van der Waals surface area contributed by atoms with E-state index >= 15 is 0 Å². The summed E-state index contributed by atoms with van der Waals surface area (Å²) in [7, 11) is 0. The number of hydrogen-bond acceptors (Lipinski definition) is 3. The molecule has 0 aliphatic carbocycles. The SMILES string of the molecule is CCc1nc(Cl)cc(-c2cccc3cccnc23)n1. The third-order valence-electron chi connectivity index (χ3n) is 2.97. The lowest BCUT2D eigenvalue weighted by molar-refractivity contribution is 0.944. The fourth-order valence-electron chi connectivity index (χ4n) is 2.07. The first kappa shape index (κ1) is 12.1. The van der Waals surface area contributed by atoms with Gasteiger partial charge in [-0.2, -0.15) is 0 Å². The highest BCUT2D eigenvalue weighted by atomic mass is 35.5. The zero-order valence-corrected chi connectivity index (χ0v) is 11.2. The molecule has 19 heavy (non-hydrogen) atoms. The van der Waals surface area contributed by atoms with E-state index in [-0.39, 0.29) is 0 Å². The second-order valence-electron chi connectivity index (χ2n) is 4.23. The largest absolute Gasteiger partial charge is 0.256 e. The molecule has 3 rings (SSSR count). The van der Waals surface area contributed by atoms with Gasteiger partial charge in [-0.1, -0.05) is 42.8 Å². The second kappa shape index (κ2) is 4.94. The molecule has 0 spiro atoms. The first-order valence-corrected chi connectivity index (χ1v) is 6.53. The zero-order chi connectivity index (χ0) is 13.2. The van der Waals surface area contributed by atoms with Gasteiger partial charge in [0.25, 0.3) is 0 Å². The molecule has 2 aromatic heterocycles. The Balaban J connectivity index is 2.27. The lowest BCUT2D eigenvalue weighted by Gasteiger charge is -2.06. The number of halogens is 1. The lowest BCUT2D eigenvalue weighted by atomic mass is 10.1. The number of aromatic nitrogens is 3. The van der Waals surface area contributed by atoms with Gasteiger partial charge in [-0.3, -0.25) is 4.98 Å². The molecule has 3 aromatic rings. The number of benzene rings is 1. The fraction of sp³-hybridized carbons (Fsp3) is 0.133. The standard InChI is InChI=1S/C15H12ClN3/c1-2-14-18-12(9-13(16)19-14)11-7-3-5-10-6-4-8-17-15(10)11/h3-9H,2H2,1H3. The van der Waals surface area contributed by atoms with Gasteiger partial charge < -0.3 is 0 Å². The van der Waals surface area contributed by atoms with Crippen LogP contribution in [-0.2, 0) is 6.42 Å². The van der Waals surface area contributed by atoms with Gasteiger partial charge >= 0.3 is 0 Å². The first-order chi connectivity index (χ1) is 9.28. The topological polar surface area (TPSA) is 38.7 Å². The van der Waals surface area contributed by atoms with Crippen molar-refractivity contribution in [3.63, 3.8) is 0 Å². The number of nitrogens with zero attached hydrogens (tertiary/aromatic N) is 3. The van der Waals surface area contributed by atoms with Crippen LogP contribution in [0.15, 0.2) is 42.6 Å². The van der Waals surface area contributed by atoms with E-state index in [2.05, 4.69) is 15.0 Å². The molecule has 0 saturated carbocycles. The van der Waals surface area contributed by atoms with Crippen LogP contribution in [-0.4, -0.2) is 15.0 Å². The molecule has 0 aliphatic rings. The van der Waals surface area contributed by atoms with Crippen LogP contribution in [0.4, 0.5) is 0 Å². The number of fused-ring (bicyclic) bond motifs is 1. The smallest absolute Gasteiger partial charge is 0.133 e. The minimum Gasteiger partial charge on any atom is -0.256 e. The molecule has 3 nitrogen and oxygen atoms in total.